The third-order valence-corrected chi connectivity index (χ3v) is 4.69. The van der Waals surface area contributed by atoms with Gasteiger partial charge < -0.3 is 4.79 Å². The van der Waals surface area contributed by atoms with E-state index in [0.29, 0.717) is 11.3 Å². The van der Waals surface area contributed by atoms with Crippen molar-refractivity contribution in [1.29, 1.82) is 0 Å². The van der Waals surface area contributed by atoms with Gasteiger partial charge in [-0.2, -0.15) is 0 Å². The quantitative estimate of drug-likeness (QED) is 0.485. The molecule has 1 heteroatoms. The van der Waals surface area contributed by atoms with Crippen molar-refractivity contribution in [1.82, 2.24) is 0 Å². The van der Waals surface area contributed by atoms with Crippen LogP contribution in [0.3, 0.4) is 0 Å². The molecule has 0 heterocycles. The van der Waals surface area contributed by atoms with Gasteiger partial charge in [0, 0.05) is 5.92 Å². The molecule has 78 valence electrons. The van der Waals surface area contributed by atoms with E-state index in [2.05, 4.69) is 32.9 Å². The van der Waals surface area contributed by atoms with Crippen molar-refractivity contribution in [2.75, 3.05) is 0 Å². The van der Waals surface area contributed by atoms with E-state index < -0.39 is 0 Å². The molecule has 3 aliphatic carbocycles. The Balaban J connectivity index is 2.36. The van der Waals surface area contributed by atoms with Crippen LogP contribution in [-0.2, 0) is 4.79 Å². The van der Waals surface area contributed by atoms with E-state index in [1.807, 2.05) is 0 Å². The van der Waals surface area contributed by atoms with Crippen molar-refractivity contribution >= 4 is 6.29 Å². The Labute approximate surface area is 86.6 Å². The Bertz CT molecular complexity index is 279. The molecule has 0 spiro atoms. The van der Waals surface area contributed by atoms with Crippen LogP contribution in [0.1, 0.15) is 40.0 Å². The van der Waals surface area contributed by atoms with Crippen LogP contribution in [0.25, 0.3) is 0 Å². The molecule has 0 aromatic carbocycles. The molecular formula is C13H20O. The molecule has 1 fully saturated rings. The molecule has 0 amide bonds. The van der Waals surface area contributed by atoms with Gasteiger partial charge in [0.15, 0.2) is 0 Å². The predicted molar refractivity (Wildman–Crippen MR) is 57.9 cm³/mol. The number of aldehydes is 1. The number of rotatable bonds is 2. The van der Waals surface area contributed by atoms with Crippen molar-refractivity contribution in [3.8, 4) is 0 Å². The van der Waals surface area contributed by atoms with Crippen LogP contribution in [0.5, 0.6) is 0 Å². The summed E-state index contributed by atoms with van der Waals surface area (Å²) in [7, 11) is 0. The lowest BCUT2D eigenvalue weighted by molar-refractivity contribution is -0.118. The molecule has 0 radical (unpaired) electrons. The first-order valence-corrected chi connectivity index (χ1v) is 5.68. The molecule has 1 nitrogen and oxygen atoms in total. The third-order valence-electron chi connectivity index (χ3n) is 4.69. The van der Waals surface area contributed by atoms with Crippen molar-refractivity contribution in [3.63, 3.8) is 0 Å². The summed E-state index contributed by atoms with van der Waals surface area (Å²) >= 11 is 0. The van der Waals surface area contributed by atoms with Crippen LogP contribution < -0.4 is 0 Å². The fraction of sp³-hybridized carbons (Fsp3) is 0.769. The van der Waals surface area contributed by atoms with E-state index in [1.165, 1.54) is 19.1 Å². The number of carbonyl (C=O) groups is 1. The molecule has 0 aliphatic heterocycles. The highest BCUT2D eigenvalue weighted by Gasteiger charge is 2.49. The molecule has 14 heavy (non-hydrogen) atoms. The van der Waals surface area contributed by atoms with Gasteiger partial charge in [0.25, 0.3) is 0 Å². The maximum absolute atomic E-state index is 11.1. The molecule has 1 saturated carbocycles. The van der Waals surface area contributed by atoms with Gasteiger partial charge in [0.1, 0.15) is 6.29 Å². The zero-order chi connectivity index (χ0) is 10.4. The van der Waals surface area contributed by atoms with Crippen molar-refractivity contribution in [2.24, 2.45) is 22.7 Å². The SMILES string of the molecule is CC(C)[C@@]12C=C[C@@](C)(CC1)[C@H](C=O)C2. The van der Waals surface area contributed by atoms with E-state index >= 15 is 0 Å². The predicted octanol–water partition coefficient (Wildman–Crippen LogP) is 3.20. The van der Waals surface area contributed by atoms with Crippen LogP contribution in [0.15, 0.2) is 12.2 Å². The molecule has 3 aliphatic rings. The van der Waals surface area contributed by atoms with Gasteiger partial charge in [0.2, 0.25) is 0 Å². The van der Waals surface area contributed by atoms with Gasteiger partial charge in [-0.3, -0.25) is 0 Å². The molecular weight excluding hydrogens is 172 g/mol. The van der Waals surface area contributed by atoms with Crippen LogP contribution in [-0.4, -0.2) is 6.29 Å². The average molecular weight is 192 g/mol. The van der Waals surface area contributed by atoms with Crippen LogP contribution in [0, 0.1) is 22.7 Å². The van der Waals surface area contributed by atoms with Crippen LogP contribution in [0.2, 0.25) is 0 Å². The van der Waals surface area contributed by atoms with E-state index in [-0.39, 0.29) is 11.3 Å². The lowest BCUT2D eigenvalue weighted by atomic mass is 9.51. The topological polar surface area (TPSA) is 17.1 Å². The summed E-state index contributed by atoms with van der Waals surface area (Å²) in [6.07, 6.45) is 9.40. The maximum atomic E-state index is 11.1. The summed E-state index contributed by atoms with van der Waals surface area (Å²) in [5.41, 5.74) is 0.488. The smallest absolute Gasteiger partial charge is 0.123 e. The molecule has 3 atom stereocenters. The summed E-state index contributed by atoms with van der Waals surface area (Å²) in [4.78, 5) is 11.1. The number of fused-ring (bicyclic) bond motifs is 2. The molecule has 0 N–H and O–H groups in total. The first kappa shape index (κ1) is 9.95. The summed E-state index contributed by atoms with van der Waals surface area (Å²) in [5, 5.41) is 0. The van der Waals surface area contributed by atoms with Crippen LogP contribution in [0.4, 0.5) is 0 Å². The Morgan fingerprint density at radius 1 is 1.36 bits per heavy atom. The highest BCUT2D eigenvalue weighted by molar-refractivity contribution is 5.57. The van der Waals surface area contributed by atoms with Crippen LogP contribution >= 0.6 is 0 Å². The van der Waals surface area contributed by atoms with Gasteiger partial charge >= 0.3 is 0 Å². The molecule has 0 aromatic heterocycles. The minimum atomic E-state index is 0.165. The molecule has 0 saturated heterocycles. The highest BCUT2D eigenvalue weighted by Crippen LogP contribution is 2.57. The summed E-state index contributed by atoms with van der Waals surface area (Å²) < 4.78 is 0. The Kier molecular flexibility index (Phi) is 2.09. The molecule has 3 rings (SSSR count). The zero-order valence-corrected chi connectivity index (χ0v) is 9.42. The largest absolute Gasteiger partial charge is 0.303 e. The monoisotopic (exact) mass is 192 g/mol. The summed E-state index contributed by atoms with van der Waals surface area (Å²) in [5.74, 6) is 0.912. The highest BCUT2D eigenvalue weighted by atomic mass is 16.1. The minimum absolute atomic E-state index is 0.165. The Morgan fingerprint density at radius 3 is 2.50 bits per heavy atom. The van der Waals surface area contributed by atoms with Gasteiger partial charge in [-0.15, -0.1) is 0 Å². The lowest BCUT2D eigenvalue weighted by Gasteiger charge is -2.52. The molecule has 0 unspecified atom stereocenters. The Morgan fingerprint density at radius 2 is 2.07 bits per heavy atom. The van der Waals surface area contributed by atoms with E-state index in [1.54, 1.807) is 0 Å². The third kappa shape index (κ3) is 1.18. The normalized spacial score (nSPS) is 45.9. The van der Waals surface area contributed by atoms with Gasteiger partial charge in [-0.05, 0) is 36.0 Å². The van der Waals surface area contributed by atoms with E-state index in [9.17, 15) is 4.79 Å². The zero-order valence-electron chi connectivity index (χ0n) is 9.42. The van der Waals surface area contributed by atoms with Gasteiger partial charge in [0.05, 0.1) is 0 Å². The summed E-state index contributed by atoms with van der Waals surface area (Å²) in [6, 6.07) is 0. The fourth-order valence-electron chi connectivity index (χ4n) is 3.07. The average Bonchev–Trinajstić information content (AvgIpc) is 2.18. The van der Waals surface area contributed by atoms with E-state index in [4.69, 9.17) is 0 Å². The second kappa shape index (κ2) is 2.95. The Hall–Kier alpha value is -0.590. The second-order valence-electron chi connectivity index (χ2n) is 5.67. The molecule has 2 bridgehead atoms. The van der Waals surface area contributed by atoms with Gasteiger partial charge in [-0.25, -0.2) is 0 Å². The van der Waals surface area contributed by atoms with Crippen molar-refractivity contribution < 1.29 is 4.79 Å². The maximum Gasteiger partial charge on any atom is 0.123 e. The number of hydrogen-bond acceptors (Lipinski definition) is 1. The number of hydrogen-bond donors (Lipinski definition) is 0. The van der Waals surface area contributed by atoms with Gasteiger partial charge in [-0.1, -0.05) is 32.9 Å². The van der Waals surface area contributed by atoms with E-state index in [0.717, 1.165) is 6.42 Å². The first-order chi connectivity index (χ1) is 6.52. The molecule has 0 aromatic rings. The van der Waals surface area contributed by atoms with Crippen molar-refractivity contribution in [3.05, 3.63) is 12.2 Å². The summed E-state index contributed by atoms with van der Waals surface area (Å²) in [6.45, 7) is 6.78. The number of carbonyl (C=O) groups excluding carboxylic acids is 1. The fourth-order valence-corrected chi connectivity index (χ4v) is 3.07. The second-order valence-corrected chi connectivity index (χ2v) is 5.67. The standard InChI is InChI=1S/C13H20O/c1-10(2)13-6-4-12(3,5-7-13)11(8-13)9-14/h4,6,9-11H,5,7-8H2,1-3H3/t11-,12-,13-/m0/s1. The first-order valence-electron chi connectivity index (χ1n) is 5.68. The minimum Gasteiger partial charge on any atom is -0.303 e. The lowest BCUT2D eigenvalue weighted by Crippen LogP contribution is -2.45. The number of allylic oxidation sites excluding steroid dienone is 2. The van der Waals surface area contributed by atoms with Crippen molar-refractivity contribution in [2.45, 2.75) is 40.0 Å².